The molecular weight excluding hydrogens is 521 g/mol. The van der Waals surface area contributed by atoms with Crippen molar-refractivity contribution in [1.82, 2.24) is 9.88 Å². The minimum absolute atomic E-state index is 0.0529. The van der Waals surface area contributed by atoms with Gasteiger partial charge in [-0.05, 0) is 60.2 Å². The Bertz CT molecular complexity index is 1480. The zero-order valence-corrected chi connectivity index (χ0v) is 24.1. The molecule has 2 heterocycles. The lowest BCUT2D eigenvalue weighted by molar-refractivity contribution is 0.0753. The largest absolute Gasteiger partial charge is 0.493 e. The number of nitrogens with zero attached hydrogens (tertiary/aromatic N) is 2. The average molecular weight is 560 g/mol. The highest BCUT2D eigenvalue weighted by atomic mass is 19.1. The maximum absolute atomic E-state index is 15.1. The van der Waals surface area contributed by atoms with Crippen molar-refractivity contribution in [2.75, 3.05) is 38.7 Å². The minimum Gasteiger partial charge on any atom is -0.493 e. The molecule has 0 radical (unpaired) electrons. The Labute approximate surface area is 240 Å². The predicted molar refractivity (Wildman–Crippen MR) is 160 cm³/mol. The summed E-state index contributed by atoms with van der Waals surface area (Å²) in [6.45, 7) is 9.47. The molecule has 1 aliphatic heterocycles. The molecule has 3 aromatic carbocycles. The van der Waals surface area contributed by atoms with E-state index < -0.39 is 5.82 Å². The average Bonchev–Trinajstić information content (AvgIpc) is 2.95. The number of hydrogen-bond donors (Lipinski definition) is 2. The highest BCUT2D eigenvalue weighted by molar-refractivity contribution is 5.88. The Balaban J connectivity index is 1.28. The molecule has 0 spiro atoms. The Hall–Kier alpha value is -3.88. The highest BCUT2D eigenvalue weighted by Crippen LogP contribution is 2.38. The van der Waals surface area contributed by atoms with Crippen molar-refractivity contribution in [2.45, 2.75) is 45.1 Å². The molecule has 0 unspecified atom stereocenters. The van der Waals surface area contributed by atoms with E-state index in [1.165, 1.54) is 11.6 Å². The lowest BCUT2D eigenvalue weighted by Crippen LogP contribution is -2.38. The van der Waals surface area contributed by atoms with Crippen LogP contribution in [0.3, 0.4) is 0 Å². The van der Waals surface area contributed by atoms with Gasteiger partial charge in [0.15, 0.2) is 11.5 Å². The lowest BCUT2D eigenvalue weighted by atomic mass is 9.87. The van der Waals surface area contributed by atoms with E-state index in [1.54, 1.807) is 31.5 Å². The molecule has 0 bridgehead atoms. The molecule has 41 heavy (non-hydrogen) atoms. The number of ether oxygens (including phenoxy) is 3. The van der Waals surface area contributed by atoms with Gasteiger partial charge in [0.1, 0.15) is 23.9 Å². The standard InChI is InChI=1S/C33H38FN3O4/c1-33(2,3)22-5-7-23(8-6-22)36-28-10-9-25(19-27(28)34)41-30-11-14-35-29-21-32(31(39-4)20-26(29)30)40-18-17-37-15-12-24(38)13-16-37/h5-11,14,19-21,24,36,38H,12-13,15-18H2,1-4H3. The highest BCUT2D eigenvalue weighted by Gasteiger charge is 2.18. The monoisotopic (exact) mass is 559 g/mol. The van der Waals surface area contributed by atoms with E-state index in [1.807, 2.05) is 24.3 Å². The molecule has 1 fully saturated rings. The van der Waals surface area contributed by atoms with Gasteiger partial charge < -0.3 is 24.6 Å². The van der Waals surface area contributed by atoms with Crippen molar-refractivity contribution in [1.29, 1.82) is 0 Å². The number of pyridine rings is 1. The SMILES string of the molecule is COc1cc2c(Oc3ccc(Nc4ccc(C(C)(C)C)cc4)c(F)c3)ccnc2cc1OCCN1CCC(O)CC1. The topological polar surface area (TPSA) is 76.1 Å². The van der Waals surface area contributed by atoms with Crippen LogP contribution in [0, 0.1) is 5.82 Å². The first-order valence-corrected chi connectivity index (χ1v) is 14.0. The summed E-state index contributed by atoms with van der Waals surface area (Å²) in [7, 11) is 1.59. The number of likely N-dealkylation sites (tertiary alicyclic amines) is 1. The molecule has 0 saturated carbocycles. The second-order valence-electron chi connectivity index (χ2n) is 11.4. The molecule has 0 amide bonds. The number of anilines is 2. The van der Waals surface area contributed by atoms with Gasteiger partial charge in [0, 0.05) is 49.0 Å². The van der Waals surface area contributed by atoms with E-state index in [9.17, 15) is 5.11 Å². The number of halogens is 1. The summed E-state index contributed by atoms with van der Waals surface area (Å²) in [6.07, 6.45) is 3.04. The summed E-state index contributed by atoms with van der Waals surface area (Å²) < 4.78 is 32.8. The summed E-state index contributed by atoms with van der Waals surface area (Å²) in [4.78, 5) is 6.77. The van der Waals surface area contributed by atoms with Gasteiger partial charge in [-0.3, -0.25) is 9.88 Å². The Morgan fingerprint density at radius 1 is 0.976 bits per heavy atom. The number of methoxy groups -OCH3 is 1. The molecule has 216 valence electrons. The van der Waals surface area contributed by atoms with Crippen molar-refractivity contribution in [3.8, 4) is 23.0 Å². The van der Waals surface area contributed by atoms with Crippen LogP contribution in [0.4, 0.5) is 15.8 Å². The minimum atomic E-state index is -0.419. The predicted octanol–water partition coefficient (Wildman–Crippen LogP) is 7.05. The summed E-state index contributed by atoms with van der Waals surface area (Å²) >= 11 is 0. The van der Waals surface area contributed by atoms with Gasteiger partial charge in [0.25, 0.3) is 0 Å². The Kier molecular flexibility index (Phi) is 8.61. The number of aromatic nitrogens is 1. The van der Waals surface area contributed by atoms with Crippen LogP contribution < -0.4 is 19.5 Å². The van der Waals surface area contributed by atoms with Gasteiger partial charge >= 0.3 is 0 Å². The van der Waals surface area contributed by atoms with Crippen molar-refractivity contribution < 1.29 is 23.7 Å². The third-order valence-electron chi connectivity index (χ3n) is 7.41. The normalized spacial score (nSPS) is 14.7. The van der Waals surface area contributed by atoms with E-state index in [-0.39, 0.29) is 11.5 Å². The van der Waals surface area contributed by atoms with Gasteiger partial charge in [0.2, 0.25) is 0 Å². The van der Waals surface area contributed by atoms with Gasteiger partial charge in [-0.25, -0.2) is 4.39 Å². The summed E-state index contributed by atoms with van der Waals surface area (Å²) in [5.74, 6) is 1.64. The van der Waals surface area contributed by atoms with E-state index >= 15 is 4.39 Å². The molecule has 0 aliphatic carbocycles. The molecule has 1 aromatic heterocycles. The molecule has 0 atom stereocenters. The van der Waals surface area contributed by atoms with E-state index in [4.69, 9.17) is 14.2 Å². The van der Waals surface area contributed by atoms with Gasteiger partial charge in [0.05, 0.1) is 24.4 Å². The van der Waals surface area contributed by atoms with E-state index in [2.05, 4.69) is 48.1 Å². The van der Waals surface area contributed by atoms with Crippen molar-refractivity contribution in [2.24, 2.45) is 0 Å². The molecular formula is C33H38FN3O4. The maximum Gasteiger partial charge on any atom is 0.163 e. The summed E-state index contributed by atoms with van der Waals surface area (Å²) in [6, 6.07) is 18.2. The number of hydrogen-bond acceptors (Lipinski definition) is 7. The fourth-order valence-corrected chi connectivity index (χ4v) is 4.91. The van der Waals surface area contributed by atoms with E-state index in [0.717, 1.165) is 43.5 Å². The Morgan fingerprint density at radius 2 is 1.73 bits per heavy atom. The Morgan fingerprint density at radius 3 is 2.41 bits per heavy atom. The maximum atomic E-state index is 15.1. The fourth-order valence-electron chi connectivity index (χ4n) is 4.91. The van der Waals surface area contributed by atoms with Crippen LogP contribution in [0.2, 0.25) is 0 Å². The molecule has 2 N–H and O–H groups in total. The lowest BCUT2D eigenvalue weighted by Gasteiger charge is -2.29. The van der Waals surface area contributed by atoms with Crippen LogP contribution >= 0.6 is 0 Å². The number of rotatable bonds is 9. The first-order valence-electron chi connectivity index (χ1n) is 14.0. The van der Waals surface area contributed by atoms with Crippen molar-refractivity contribution >= 4 is 22.3 Å². The zero-order valence-electron chi connectivity index (χ0n) is 24.1. The summed E-state index contributed by atoms with van der Waals surface area (Å²) in [5, 5.41) is 13.6. The van der Waals surface area contributed by atoms with Crippen LogP contribution in [0.25, 0.3) is 10.9 Å². The second kappa shape index (κ2) is 12.3. The van der Waals surface area contributed by atoms with Crippen molar-refractivity contribution in [3.05, 3.63) is 78.2 Å². The van der Waals surface area contributed by atoms with Crippen molar-refractivity contribution in [3.63, 3.8) is 0 Å². The number of fused-ring (bicyclic) bond motifs is 1. The van der Waals surface area contributed by atoms with Crippen LogP contribution in [0.1, 0.15) is 39.2 Å². The number of nitrogens with one attached hydrogen (secondary N) is 1. The van der Waals surface area contributed by atoms with Gasteiger partial charge in [-0.15, -0.1) is 0 Å². The number of piperidine rings is 1. The summed E-state index contributed by atoms with van der Waals surface area (Å²) in [5.41, 5.74) is 3.12. The number of aliphatic hydroxyl groups is 1. The molecule has 5 rings (SSSR count). The number of aliphatic hydroxyl groups excluding tert-OH is 1. The molecule has 1 saturated heterocycles. The third-order valence-corrected chi connectivity index (χ3v) is 7.41. The number of benzene rings is 3. The van der Waals surface area contributed by atoms with Gasteiger partial charge in [-0.2, -0.15) is 0 Å². The first-order chi connectivity index (χ1) is 19.7. The van der Waals surface area contributed by atoms with Crippen LogP contribution in [0.15, 0.2) is 66.9 Å². The second-order valence-corrected chi connectivity index (χ2v) is 11.4. The molecule has 1 aliphatic rings. The first kappa shape index (κ1) is 28.6. The molecule has 8 heteroatoms. The van der Waals surface area contributed by atoms with Crippen LogP contribution in [-0.4, -0.2) is 54.4 Å². The smallest absolute Gasteiger partial charge is 0.163 e. The third kappa shape index (κ3) is 7.07. The molecule has 7 nitrogen and oxygen atoms in total. The van der Waals surface area contributed by atoms with Crippen LogP contribution in [-0.2, 0) is 5.41 Å². The quantitative estimate of drug-likeness (QED) is 0.228. The van der Waals surface area contributed by atoms with Gasteiger partial charge in [-0.1, -0.05) is 32.9 Å². The van der Waals surface area contributed by atoms with Crippen LogP contribution in [0.5, 0.6) is 23.0 Å². The zero-order chi connectivity index (χ0) is 29.0. The molecule has 4 aromatic rings. The van der Waals surface area contributed by atoms with E-state index in [0.29, 0.717) is 40.8 Å². The fraction of sp³-hybridized carbons (Fsp3) is 0.364.